The minimum absolute atomic E-state index is 0.0620. The maximum atomic E-state index is 11.6. The number of aliphatic carboxylic acids is 1. The van der Waals surface area contributed by atoms with E-state index in [-0.39, 0.29) is 6.42 Å². The first kappa shape index (κ1) is 21.6. The van der Waals surface area contributed by atoms with Crippen molar-refractivity contribution in [2.24, 2.45) is 0 Å². The lowest BCUT2D eigenvalue weighted by Crippen LogP contribution is -2.38. The smallest absolute Gasteiger partial charge is 0.305 e. The molecule has 0 saturated carbocycles. The number of carboxylic acid groups (broad SMARTS) is 1. The molecule has 3 aromatic heterocycles. The summed E-state index contributed by atoms with van der Waals surface area (Å²) in [5, 5.41) is 14.0. The zero-order chi connectivity index (χ0) is 22.6. The second-order valence-electron chi connectivity index (χ2n) is 9.01. The van der Waals surface area contributed by atoms with Gasteiger partial charge in [-0.2, -0.15) is 5.10 Å². The van der Waals surface area contributed by atoms with Crippen molar-refractivity contribution in [3.8, 4) is 0 Å². The minimum atomic E-state index is -0.869. The molecule has 1 aliphatic heterocycles. The van der Waals surface area contributed by atoms with Crippen molar-refractivity contribution in [1.29, 1.82) is 0 Å². The number of pyridine rings is 1. The molecule has 1 saturated heterocycles. The average molecular weight is 447 g/mol. The van der Waals surface area contributed by atoms with Crippen LogP contribution in [0.25, 0.3) is 0 Å². The predicted octanol–water partition coefficient (Wildman–Crippen LogP) is 3.40. The lowest BCUT2D eigenvalue weighted by atomic mass is 9.95. The van der Waals surface area contributed by atoms with Crippen molar-refractivity contribution >= 4 is 11.9 Å². The van der Waals surface area contributed by atoms with Crippen molar-refractivity contribution in [2.75, 3.05) is 18.0 Å². The number of hydrogen-bond acceptors (Lipinski definition) is 6. The first-order valence-electron chi connectivity index (χ1n) is 12.0. The zero-order valence-corrected chi connectivity index (χ0v) is 18.9. The molecule has 172 valence electrons. The van der Waals surface area contributed by atoms with Crippen LogP contribution in [0.3, 0.4) is 0 Å². The average Bonchev–Trinajstić information content (AvgIpc) is 3.25. The highest BCUT2D eigenvalue weighted by Gasteiger charge is 2.23. The molecular weight excluding hydrogens is 416 g/mol. The Balaban J connectivity index is 1.28. The summed E-state index contributed by atoms with van der Waals surface area (Å²) >= 11 is 0. The first-order valence-corrected chi connectivity index (χ1v) is 12.0. The van der Waals surface area contributed by atoms with Crippen LogP contribution in [0.2, 0.25) is 0 Å². The summed E-state index contributed by atoms with van der Waals surface area (Å²) in [5.74, 6) is -0.163. The number of rotatable bonds is 9. The van der Waals surface area contributed by atoms with Crippen LogP contribution in [0, 0.1) is 0 Å². The van der Waals surface area contributed by atoms with Gasteiger partial charge in [0.05, 0.1) is 12.5 Å². The van der Waals surface area contributed by atoms with Crippen LogP contribution in [0.1, 0.15) is 66.4 Å². The third kappa shape index (κ3) is 4.89. The number of fused-ring (bicyclic) bond motifs is 1. The molecular formula is C25H30N6O2. The Morgan fingerprint density at radius 3 is 2.61 bits per heavy atom. The van der Waals surface area contributed by atoms with E-state index >= 15 is 0 Å². The quantitative estimate of drug-likeness (QED) is 0.538. The van der Waals surface area contributed by atoms with Gasteiger partial charge in [-0.3, -0.25) is 14.5 Å². The summed E-state index contributed by atoms with van der Waals surface area (Å²) in [6.07, 6.45) is 13.7. The van der Waals surface area contributed by atoms with Gasteiger partial charge in [0, 0.05) is 54.3 Å². The van der Waals surface area contributed by atoms with Gasteiger partial charge in [0.15, 0.2) is 0 Å². The highest BCUT2D eigenvalue weighted by molar-refractivity contribution is 5.68. The molecule has 3 aromatic rings. The molecule has 0 bridgehead atoms. The van der Waals surface area contributed by atoms with E-state index in [2.05, 4.69) is 32.1 Å². The van der Waals surface area contributed by atoms with Gasteiger partial charge in [0.25, 0.3) is 0 Å². The van der Waals surface area contributed by atoms with Crippen molar-refractivity contribution in [1.82, 2.24) is 24.7 Å². The third-order valence-electron chi connectivity index (χ3n) is 6.70. The van der Waals surface area contributed by atoms with E-state index in [1.54, 1.807) is 18.6 Å². The molecule has 0 aromatic carbocycles. The molecule has 33 heavy (non-hydrogen) atoms. The van der Waals surface area contributed by atoms with E-state index in [9.17, 15) is 9.90 Å². The highest BCUT2D eigenvalue weighted by atomic mass is 16.4. The van der Waals surface area contributed by atoms with Crippen molar-refractivity contribution in [3.63, 3.8) is 0 Å². The van der Waals surface area contributed by atoms with E-state index < -0.39 is 12.0 Å². The second-order valence-corrected chi connectivity index (χ2v) is 9.01. The van der Waals surface area contributed by atoms with Crippen molar-refractivity contribution in [3.05, 3.63) is 65.0 Å². The lowest BCUT2D eigenvalue weighted by Gasteiger charge is -2.30. The van der Waals surface area contributed by atoms with Gasteiger partial charge in [-0.05, 0) is 69.1 Å². The summed E-state index contributed by atoms with van der Waals surface area (Å²) in [4.78, 5) is 27.6. The Morgan fingerprint density at radius 1 is 1.03 bits per heavy atom. The fourth-order valence-electron chi connectivity index (χ4n) is 4.73. The Bertz CT molecular complexity index is 1110. The van der Waals surface area contributed by atoms with Gasteiger partial charge in [-0.25, -0.2) is 9.97 Å². The molecule has 1 N–H and O–H groups in total. The molecule has 0 spiro atoms. The number of anilines is 1. The van der Waals surface area contributed by atoms with Crippen LogP contribution < -0.4 is 4.90 Å². The monoisotopic (exact) mass is 446 g/mol. The molecule has 1 unspecified atom stereocenters. The SMILES string of the molecule is O=C(O)CC(c1cnc(N2CCC2)nc1)n1nccc1CCCc1ccc2c(n1)CCCC2. The van der Waals surface area contributed by atoms with Crippen LogP contribution in [0.15, 0.2) is 36.8 Å². The molecule has 1 fully saturated rings. The lowest BCUT2D eigenvalue weighted by molar-refractivity contribution is -0.137. The summed E-state index contributed by atoms with van der Waals surface area (Å²) < 4.78 is 1.83. The Labute approximate surface area is 193 Å². The Kier molecular flexibility index (Phi) is 6.32. The van der Waals surface area contributed by atoms with Crippen LogP contribution in [0.5, 0.6) is 0 Å². The fourth-order valence-corrected chi connectivity index (χ4v) is 4.73. The molecule has 8 heteroatoms. The molecule has 8 nitrogen and oxygen atoms in total. The third-order valence-corrected chi connectivity index (χ3v) is 6.70. The molecule has 5 rings (SSSR count). The largest absolute Gasteiger partial charge is 0.481 e. The van der Waals surface area contributed by atoms with Crippen LogP contribution in [-0.4, -0.2) is 48.9 Å². The van der Waals surface area contributed by atoms with E-state index in [0.29, 0.717) is 5.95 Å². The van der Waals surface area contributed by atoms with Crippen LogP contribution in [-0.2, 0) is 30.5 Å². The zero-order valence-electron chi connectivity index (χ0n) is 18.9. The maximum absolute atomic E-state index is 11.6. The molecule has 2 aliphatic rings. The van der Waals surface area contributed by atoms with Crippen LogP contribution >= 0.6 is 0 Å². The standard InChI is InChI=1S/C25H30N6O2/c32-24(33)15-23(19-16-26-25(27-17-19)30-13-4-14-30)31-21(11-12-28-31)7-3-6-20-10-9-18-5-1-2-8-22(18)29-20/h9-12,16-17,23H,1-8,13-15H2,(H,32,33). The molecule has 4 heterocycles. The Morgan fingerprint density at radius 2 is 1.85 bits per heavy atom. The molecule has 0 amide bonds. The van der Waals surface area contributed by atoms with Gasteiger partial charge in [0.2, 0.25) is 5.95 Å². The van der Waals surface area contributed by atoms with E-state index in [1.807, 2.05) is 10.7 Å². The van der Waals surface area contributed by atoms with Gasteiger partial charge in [-0.15, -0.1) is 0 Å². The molecule has 1 atom stereocenters. The summed E-state index contributed by atoms with van der Waals surface area (Å²) in [5.41, 5.74) is 5.60. The van der Waals surface area contributed by atoms with Gasteiger partial charge >= 0.3 is 5.97 Å². The summed E-state index contributed by atoms with van der Waals surface area (Å²) in [7, 11) is 0. The number of hydrogen-bond donors (Lipinski definition) is 1. The van der Waals surface area contributed by atoms with Gasteiger partial charge < -0.3 is 10.0 Å². The number of carbonyl (C=O) groups is 1. The minimum Gasteiger partial charge on any atom is -0.481 e. The Hall–Kier alpha value is -3.29. The van der Waals surface area contributed by atoms with Crippen molar-refractivity contribution in [2.45, 2.75) is 63.8 Å². The fraction of sp³-hybridized carbons (Fsp3) is 0.480. The highest BCUT2D eigenvalue weighted by Crippen LogP contribution is 2.25. The van der Waals surface area contributed by atoms with Gasteiger partial charge in [-0.1, -0.05) is 6.07 Å². The number of aromatic nitrogens is 5. The summed E-state index contributed by atoms with van der Waals surface area (Å²) in [6, 6.07) is 5.95. The number of nitrogens with zero attached hydrogens (tertiary/aromatic N) is 6. The second kappa shape index (κ2) is 9.68. The molecule has 1 aliphatic carbocycles. The van der Waals surface area contributed by atoms with E-state index in [1.165, 1.54) is 24.1 Å². The number of aryl methyl sites for hydroxylation is 4. The van der Waals surface area contributed by atoms with Crippen molar-refractivity contribution < 1.29 is 9.90 Å². The predicted molar refractivity (Wildman–Crippen MR) is 124 cm³/mol. The normalized spacial score (nSPS) is 16.2. The van der Waals surface area contributed by atoms with E-state index in [0.717, 1.165) is 68.6 Å². The van der Waals surface area contributed by atoms with Crippen LogP contribution in [0.4, 0.5) is 5.95 Å². The molecule has 0 radical (unpaired) electrons. The van der Waals surface area contributed by atoms with E-state index in [4.69, 9.17) is 4.98 Å². The van der Waals surface area contributed by atoms with Gasteiger partial charge in [0.1, 0.15) is 0 Å². The topological polar surface area (TPSA) is 97.0 Å². The first-order chi connectivity index (χ1) is 16.2. The number of carboxylic acids is 1. The maximum Gasteiger partial charge on any atom is 0.305 e. The summed E-state index contributed by atoms with van der Waals surface area (Å²) in [6.45, 7) is 1.95.